The van der Waals surface area contributed by atoms with Gasteiger partial charge in [0, 0.05) is 13.1 Å². The van der Waals surface area contributed by atoms with Crippen LogP contribution in [0.1, 0.15) is 16.7 Å². The monoisotopic (exact) mass is 260 g/mol. The second kappa shape index (κ2) is 5.60. The fourth-order valence-corrected chi connectivity index (χ4v) is 2.25. The fourth-order valence-electron chi connectivity index (χ4n) is 2.25. The molecule has 0 spiro atoms. The Bertz CT molecular complexity index is 502. The number of aryl methyl sites for hydroxylation is 2. The highest BCUT2D eigenvalue weighted by Gasteiger charge is 2.38. The molecular formula is C15H20N2O2. The number of nitrogens with one attached hydrogen (secondary N) is 1. The maximum atomic E-state index is 9.11. The van der Waals surface area contributed by atoms with Crippen molar-refractivity contribution in [1.29, 1.82) is 5.26 Å². The molecule has 4 heteroatoms. The maximum absolute atomic E-state index is 9.11. The van der Waals surface area contributed by atoms with Crippen LogP contribution >= 0.6 is 0 Å². The van der Waals surface area contributed by atoms with Crippen molar-refractivity contribution < 1.29 is 9.47 Å². The molecule has 0 aliphatic carbocycles. The Kier molecular flexibility index (Phi) is 4.08. The zero-order valence-corrected chi connectivity index (χ0v) is 11.7. The minimum absolute atomic E-state index is 0.324. The maximum Gasteiger partial charge on any atom is 0.122 e. The highest BCUT2D eigenvalue weighted by Crippen LogP contribution is 2.26. The highest BCUT2D eigenvalue weighted by atomic mass is 16.5. The third-order valence-electron chi connectivity index (χ3n) is 3.63. The smallest absolute Gasteiger partial charge is 0.122 e. The summed E-state index contributed by atoms with van der Waals surface area (Å²) >= 11 is 0. The Balaban J connectivity index is 1.96. The first-order chi connectivity index (χ1) is 9.10. The van der Waals surface area contributed by atoms with Gasteiger partial charge in [0.25, 0.3) is 0 Å². The summed E-state index contributed by atoms with van der Waals surface area (Å²) in [7, 11) is 1.69. The van der Waals surface area contributed by atoms with Gasteiger partial charge in [-0.1, -0.05) is 6.07 Å². The lowest BCUT2D eigenvalue weighted by Crippen LogP contribution is -2.48. The van der Waals surface area contributed by atoms with E-state index in [-0.39, 0.29) is 5.41 Å². The number of rotatable bonds is 5. The summed E-state index contributed by atoms with van der Waals surface area (Å²) in [6.07, 6.45) is 0. The number of benzene rings is 1. The predicted molar refractivity (Wildman–Crippen MR) is 73.0 cm³/mol. The van der Waals surface area contributed by atoms with Gasteiger partial charge in [0.15, 0.2) is 0 Å². The minimum atomic E-state index is -0.324. The first-order valence-electron chi connectivity index (χ1n) is 6.44. The van der Waals surface area contributed by atoms with Crippen molar-refractivity contribution in [3.63, 3.8) is 0 Å². The van der Waals surface area contributed by atoms with E-state index in [0.29, 0.717) is 19.8 Å². The SMILES string of the molecule is COc1cc(C)c(CNCC2(C#N)COC2)cc1C. The van der Waals surface area contributed by atoms with Gasteiger partial charge in [-0.15, -0.1) is 0 Å². The lowest BCUT2D eigenvalue weighted by molar-refractivity contribution is -0.0755. The molecule has 0 aromatic heterocycles. The average molecular weight is 260 g/mol. The van der Waals surface area contributed by atoms with Crippen LogP contribution in [-0.2, 0) is 11.3 Å². The van der Waals surface area contributed by atoms with E-state index in [4.69, 9.17) is 14.7 Å². The van der Waals surface area contributed by atoms with E-state index in [1.807, 2.05) is 6.92 Å². The van der Waals surface area contributed by atoms with Gasteiger partial charge in [0.2, 0.25) is 0 Å². The molecule has 1 aromatic rings. The van der Waals surface area contributed by atoms with Crippen LogP contribution in [0, 0.1) is 30.6 Å². The zero-order valence-electron chi connectivity index (χ0n) is 11.7. The molecule has 1 aliphatic rings. The Morgan fingerprint density at radius 3 is 2.63 bits per heavy atom. The van der Waals surface area contributed by atoms with Gasteiger partial charge < -0.3 is 14.8 Å². The van der Waals surface area contributed by atoms with Gasteiger partial charge in [-0.2, -0.15) is 5.26 Å². The molecule has 2 rings (SSSR count). The number of ether oxygens (including phenoxy) is 2. The molecule has 1 heterocycles. The first kappa shape index (κ1) is 13.9. The van der Waals surface area contributed by atoms with Crippen LogP contribution in [0.3, 0.4) is 0 Å². The average Bonchev–Trinajstić information content (AvgIpc) is 2.36. The Hall–Kier alpha value is -1.57. The van der Waals surface area contributed by atoms with E-state index in [1.54, 1.807) is 7.11 Å². The van der Waals surface area contributed by atoms with Crippen LogP contribution in [0.25, 0.3) is 0 Å². The van der Waals surface area contributed by atoms with Crippen molar-refractivity contribution in [3.8, 4) is 11.8 Å². The Morgan fingerprint density at radius 2 is 2.11 bits per heavy atom. The van der Waals surface area contributed by atoms with Crippen LogP contribution < -0.4 is 10.1 Å². The molecule has 0 atom stereocenters. The van der Waals surface area contributed by atoms with E-state index < -0.39 is 0 Å². The number of nitrogens with zero attached hydrogens (tertiary/aromatic N) is 1. The van der Waals surface area contributed by atoms with Gasteiger partial charge in [0.1, 0.15) is 11.2 Å². The van der Waals surface area contributed by atoms with Crippen molar-refractivity contribution in [2.45, 2.75) is 20.4 Å². The minimum Gasteiger partial charge on any atom is -0.496 e. The zero-order chi connectivity index (χ0) is 13.9. The third-order valence-corrected chi connectivity index (χ3v) is 3.63. The topological polar surface area (TPSA) is 54.3 Å². The second-order valence-electron chi connectivity index (χ2n) is 5.24. The molecule has 0 unspecified atom stereocenters. The molecule has 0 amide bonds. The molecule has 19 heavy (non-hydrogen) atoms. The summed E-state index contributed by atoms with van der Waals surface area (Å²) < 4.78 is 10.4. The first-order valence-corrected chi connectivity index (χ1v) is 6.44. The number of hydrogen-bond donors (Lipinski definition) is 1. The van der Waals surface area contributed by atoms with Crippen LogP contribution in [0.4, 0.5) is 0 Å². The van der Waals surface area contributed by atoms with Crippen molar-refractivity contribution in [1.82, 2.24) is 5.32 Å². The molecule has 1 aromatic carbocycles. The van der Waals surface area contributed by atoms with E-state index in [0.717, 1.165) is 17.9 Å². The standard InChI is InChI=1S/C15H20N2O2/c1-11-5-14(18-3)12(2)4-13(11)6-17-8-15(7-16)9-19-10-15/h4-5,17H,6,8-10H2,1-3H3. The summed E-state index contributed by atoms with van der Waals surface area (Å²) in [4.78, 5) is 0. The lowest BCUT2D eigenvalue weighted by atomic mass is 9.88. The molecule has 0 saturated carbocycles. The summed E-state index contributed by atoms with van der Waals surface area (Å²) in [6.45, 7) is 6.63. The molecule has 1 fully saturated rings. The Labute approximate surface area is 114 Å². The van der Waals surface area contributed by atoms with Gasteiger partial charge in [-0.3, -0.25) is 0 Å². The quantitative estimate of drug-likeness (QED) is 0.879. The van der Waals surface area contributed by atoms with Crippen LogP contribution in [0.15, 0.2) is 12.1 Å². The van der Waals surface area contributed by atoms with Crippen LogP contribution in [0.5, 0.6) is 5.75 Å². The van der Waals surface area contributed by atoms with Crippen molar-refractivity contribution in [2.75, 3.05) is 26.9 Å². The van der Waals surface area contributed by atoms with E-state index in [9.17, 15) is 0 Å². The number of methoxy groups -OCH3 is 1. The summed E-state index contributed by atoms with van der Waals surface area (Å²) in [5, 5.41) is 12.5. The van der Waals surface area contributed by atoms with E-state index >= 15 is 0 Å². The van der Waals surface area contributed by atoms with Gasteiger partial charge in [-0.25, -0.2) is 0 Å². The van der Waals surface area contributed by atoms with Gasteiger partial charge >= 0.3 is 0 Å². The number of hydrogen-bond acceptors (Lipinski definition) is 4. The van der Waals surface area contributed by atoms with E-state index in [1.165, 1.54) is 11.1 Å². The van der Waals surface area contributed by atoms with Crippen molar-refractivity contribution in [3.05, 3.63) is 28.8 Å². The van der Waals surface area contributed by atoms with Crippen molar-refractivity contribution >= 4 is 0 Å². The van der Waals surface area contributed by atoms with Crippen LogP contribution in [-0.4, -0.2) is 26.9 Å². The molecule has 1 N–H and O–H groups in total. The Morgan fingerprint density at radius 1 is 1.37 bits per heavy atom. The summed E-state index contributed by atoms with van der Waals surface area (Å²) in [5.41, 5.74) is 3.25. The highest BCUT2D eigenvalue weighted by molar-refractivity contribution is 5.41. The van der Waals surface area contributed by atoms with E-state index in [2.05, 4.69) is 30.4 Å². The molecule has 102 valence electrons. The molecule has 1 saturated heterocycles. The summed E-state index contributed by atoms with van der Waals surface area (Å²) in [6, 6.07) is 6.53. The van der Waals surface area contributed by atoms with Gasteiger partial charge in [-0.05, 0) is 36.6 Å². The fraction of sp³-hybridized carbons (Fsp3) is 0.533. The normalized spacial score (nSPS) is 16.5. The third kappa shape index (κ3) is 2.89. The largest absolute Gasteiger partial charge is 0.496 e. The second-order valence-corrected chi connectivity index (χ2v) is 5.24. The molecule has 0 bridgehead atoms. The molecular weight excluding hydrogens is 240 g/mol. The predicted octanol–water partition coefficient (Wildman–Crippen LogP) is 1.94. The molecule has 1 aliphatic heterocycles. The van der Waals surface area contributed by atoms with Crippen molar-refractivity contribution in [2.24, 2.45) is 5.41 Å². The molecule has 0 radical (unpaired) electrons. The van der Waals surface area contributed by atoms with Gasteiger partial charge in [0.05, 0.1) is 26.4 Å². The lowest BCUT2D eigenvalue weighted by Gasteiger charge is -2.35. The summed E-state index contributed by atoms with van der Waals surface area (Å²) in [5.74, 6) is 0.919. The molecule has 4 nitrogen and oxygen atoms in total. The number of nitriles is 1. The van der Waals surface area contributed by atoms with Crippen LogP contribution in [0.2, 0.25) is 0 Å².